The number of pyridine rings is 2. The van der Waals surface area contributed by atoms with Crippen LogP contribution in [-0.2, 0) is 6.61 Å². The van der Waals surface area contributed by atoms with E-state index < -0.39 is 0 Å². The Morgan fingerprint density at radius 1 is 1.13 bits per heavy atom. The normalized spacial score (nSPS) is 9.93. The number of nitrogens with zero attached hydrogens (tertiary/aromatic N) is 2. The van der Waals surface area contributed by atoms with Crippen molar-refractivity contribution in [3.05, 3.63) is 53.0 Å². The minimum atomic E-state index is 0.510. The predicted molar refractivity (Wildman–Crippen MR) is 60.5 cm³/mol. The van der Waals surface area contributed by atoms with Gasteiger partial charge in [-0.3, -0.25) is 9.97 Å². The average molecular weight is 265 g/mol. The van der Waals surface area contributed by atoms with E-state index in [-0.39, 0.29) is 0 Å². The molecule has 2 aromatic heterocycles. The first-order valence-electron chi connectivity index (χ1n) is 4.47. The van der Waals surface area contributed by atoms with E-state index in [4.69, 9.17) is 4.74 Å². The van der Waals surface area contributed by atoms with Crippen LogP contribution in [0.2, 0.25) is 0 Å². The van der Waals surface area contributed by atoms with Crippen LogP contribution < -0.4 is 4.74 Å². The van der Waals surface area contributed by atoms with Gasteiger partial charge in [0.2, 0.25) is 0 Å². The molecule has 0 spiro atoms. The van der Waals surface area contributed by atoms with Gasteiger partial charge in [-0.25, -0.2) is 0 Å². The van der Waals surface area contributed by atoms with Gasteiger partial charge < -0.3 is 4.74 Å². The maximum Gasteiger partial charge on any atom is 0.137 e. The molecule has 0 saturated heterocycles. The molecule has 76 valence electrons. The Morgan fingerprint density at radius 3 is 2.73 bits per heavy atom. The molecule has 0 saturated carbocycles. The van der Waals surface area contributed by atoms with E-state index in [1.165, 1.54) is 0 Å². The highest BCUT2D eigenvalue weighted by atomic mass is 79.9. The Labute approximate surface area is 96.3 Å². The van der Waals surface area contributed by atoms with E-state index in [0.717, 1.165) is 15.8 Å². The third-order valence-corrected chi connectivity index (χ3v) is 2.45. The van der Waals surface area contributed by atoms with Crippen molar-refractivity contribution in [2.75, 3.05) is 0 Å². The molecule has 0 atom stereocenters. The summed E-state index contributed by atoms with van der Waals surface area (Å²) in [5.41, 5.74) is 1.04. The maximum absolute atomic E-state index is 5.60. The van der Waals surface area contributed by atoms with Gasteiger partial charge in [-0.15, -0.1) is 0 Å². The Hall–Kier alpha value is -1.42. The number of hydrogen-bond acceptors (Lipinski definition) is 3. The highest BCUT2D eigenvalue weighted by Gasteiger charge is 2.00. The van der Waals surface area contributed by atoms with Crippen molar-refractivity contribution in [1.82, 2.24) is 9.97 Å². The zero-order valence-electron chi connectivity index (χ0n) is 7.93. The quantitative estimate of drug-likeness (QED) is 0.855. The largest absolute Gasteiger partial charge is 0.488 e. The minimum absolute atomic E-state index is 0.510. The van der Waals surface area contributed by atoms with Gasteiger partial charge in [-0.1, -0.05) is 6.07 Å². The van der Waals surface area contributed by atoms with Gasteiger partial charge in [0.1, 0.15) is 12.4 Å². The molecule has 2 aromatic rings. The Morgan fingerprint density at radius 2 is 2.00 bits per heavy atom. The summed E-state index contributed by atoms with van der Waals surface area (Å²) in [6.45, 7) is 0.510. The van der Waals surface area contributed by atoms with Crippen molar-refractivity contribution >= 4 is 15.9 Å². The molecule has 0 aliphatic rings. The van der Waals surface area contributed by atoms with Gasteiger partial charge in [0, 0.05) is 30.4 Å². The van der Waals surface area contributed by atoms with Crippen LogP contribution in [0.4, 0.5) is 0 Å². The molecule has 2 heterocycles. The van der Waals surface area contributed by atoms with Crippen molar-refractivity contribution in [1.29, 1.82) is 0 Å². The average Bonchev–Trinajstić information content (AvgIpc) is 2.29. The zero-order valence-corrected chi connectivity index (χ0v) is 9.52. The Balaban J connectivity index is 2.03. The molecular weight excluding hydrogens is 256 g/mol. The molecule has 3 nitrogen and oxygen atoms in total. The van der Waals surface area contributed by atoms with Gasteiger partial charge in [0.05, 0.1) is 4.47 Å². The molecule has 2 rings (SSSR count). The molecule has 0 aromatic carbocycles. The Kier molecular flexibility index (Phi) is 3.29. The molecule has 4 heteroatoms. The number of halogens is 1. The van der Waals surface area contributed by atoms with E-state index in [0.29, 0.717) is 6.61 Å². The molecule has 0 bridgehead atoms. The highest BCUT2D eigenvalue weighted by Crippen LogP contribution is 2.23. The van der Waals surface area contributed by atoms with Gasteiger partial charge in [-0.2, -0.15) is 0 Å². The molecular formula is C11H9BrN2O. The Bertz CT molecular complexity index is 434. The maximum atomic E-state index is 5.60. The van der Waals surface area contributed by atoms with Crippen LogP contribution in [-0.4, -0.2) is 9.97 Å². The zero-order chi connectivity index (χ0) is 10.5. The lowest BCUT2D eigenvalue weighted by Crippen LogP contribution is -1.96. The summed E-state index contributed by atoms with van der Waals surface area (Å²) in [6.07, 6.45) is 6.93. The van der Waals surface area contributed by atoms with Crippen molar-refractivity contribution in [2.45, 2.75) is 6.61 Å². The molecule has 15 heavy (non-hydrogen) atoms. The fourth-order valence-electron chi connectivity index (χ4n) is 1.12. The van der Waals surface area contributed by atoms with E-state index in [2.05, 4.69) is 25.9 Å². The van der Waals surface area contributed by atoms with Gasteiger partial charge in [0.15, 0.2) is 0 Å². The second kappa shape index (κ2) is 4.89. The van der Waals surface area contributed by atoms with Gasteiger partial charge >= 0.3 is 0 Å². The van der Waals surface area contributed by atoms with E-state index in [1.807, 2.05) is 18.2 Å². The third kappa shape index (κ3) is 2.76. The van der Waals surface area contributed by atoms with Crippen molar-refractivity contribution in [3.63, 3.8) is 0 Å². The van der Waals surface area contributed by atoms with Crippen LogP contribution in [0.1, 0.15) is 5.56 Å². The first kappa shape index (κ1) is 10.1. The molecule has 0 aliphatic carbocycles. The standard InChI is InChI=1S/C11H9BrN2O/c12-10-7-14-5-3-11(10)15-8-9-2-1-4-13-6-9/h1-7H,8H2. The SMILES string of the molecule is Brc1cnccc1OCc1cccnc1. The monoisotopic (exact) mass is 264 g/mol. The molecule has 0 fully saturated rings. The first-order chi connectivity index (χ1) is 7.36. The topological polar surface area (TPSA) is 35.0 Å². The predicted octanol–water partition coefficient (Wildman–Crippen LogP) is 2.82. The second-order valence-electron chi connectivity index (χ2n) is 2.96. The van der Waals surface area contributed by atoms with Crippen LogP contribution in [0, 0.1) is 0 Å². The number of aromatic nitrogens is 2. The lowest BCUT2D eigenvalue weighted by molar-refractivity contribution is 0.303. The minimum Gasteiger partial charge on any atom is -0.488 e. The fourth-order valence-corrected chi connectivity index (χ4v) is 1.49. The molecule has 0 amide bonds. The van der Waals surface area contributed by atoms with Crippen LogP contribution >= 0.6 is 15.9 Å². The summed E-state index contributed by atoms with van der Waals surface area (Å²) in [4.78, 5) is 7.98. The fraction of sp³-hybridized carbons (Fsp3) is 0.0909. The van der Waals surface area contributed by atoms with E-state index >= 15 is 0 Å². The van der Waals surface area contributed by atoms with Gasteiger partial charge in [-0.05, 0) is 28.1 Å². The number of hydrogen-bond donors (Lipinski definition) is 0. The molecule has 0 radical (unpaired) electrons. The summed E-state index contributed by atoms with van der Waals surface area (Å²) in [5.74, 6) is 0.786. The summed E-state index contributed by atoms with van der Waals surface area (Å²) < 4.78 is 6.45. The van der Waals surface area contributed by atoms with Crippen LogP contribution in [0.3, 0.4) is 0 Å². The molecule has 0 N–H and O–H groups in total. The number of ether oxygens (including phenoxy) is 1. The summed E-state index contributed by atoms with van der Waals surface area (Å²) >= 11 is 3.37. The smallest absolute Gasteiger partial charge is 0.137 e. The highest BCUT2D eigenvalue weighted by molar-refractivity contribution is 9.10. The molecule has 0 aliphatic heterocycles. The summed E-state index contributed by atoms with van der Waals surface area (Å²) in [6, 6.07) is 5.68. The number of rotatable bonds is 3. The lowest BCUT2D eigenvalue weighted by Gasteiger charge is -2.06. The molecule has 0 unspecified atom stereocenters. The third-order valence-electron chi connectivity index (χ3n) is 1.85. The van der Waals surface area contributed by atoms with Crippen LogP contribution in [0.5, 0.6) is 5.75 Å². The summed E-state index contributed by atoms with van der Waals surface area (Å²) in [5, 5.41) is 0. The van der Waals surface area contributed by atoms with Crippen LogP contribution in [0.25, 0.3) is 0 Å². The van der Waals surface area contributed by atoms with Crippen molar-refractivity contribution in [2.24, 2.45) is 0 Å². The second-order valence-corrected chi connectivity index (χ2v) is 3.81. The first-order valence-corrected chi connectivity index (χ1v) is 5.27. The lowest BCUT2D eigenvalue weighted by atomic mass is 10.3. The van der Waals surface area contributed by atoms with E-state index in [9.17, 15) is 0 Å². The van der Waals surface area contributed by atoms with Crippen molar-refractivity contribution < 1.29 is 4.74 Å². The van der Waals surface area contributed by atoms with Gasteiger partial charge in [0.25, 0.3) is 0 Å². The van der Waals surface area contributed by atoms with Crippen LogP contribution in [0.15, 0.2) is 47.5 Å². The van der Waals surface area contributed by atoms with E-state index in [1.54, 1.807) is 24.8 Å². The summed E-state index contributed by atoms with van der Waals surface area (Å²) in [7, 11) is 0. The van der Waals surface area contributed by atoms with Crippen molar-refractivity contribution in [3.8, 4) is 5.75 Å².